The number of esters is 1. The molecular formula is C9H16O5. The third kappa shape index (κ3) is 3.85. The van der Waals surface area contributed by atoms with Crippen LogP contribution in [0.25, 0.3) is 0 Å². The molecule has 0 aliphatic rings. The van der Waals surface area contributed by atoms with Crippen molar-refractivity contribution in [2.45, 2.75) is 45.0 Å². The summed E-state index contributed by atoms with van der Waals surface area (Å²) in [7, 11) is 0. The molecular weight excluding hydrogens is 188 g/mol. The predicted octanol–water partition coefficient (Wildman–Crippen LogP) is -0.361. The Kier molecular flexibility index (Phi) is 4.73. The van der Waals surface area contributed by atoms with Gasteiger partial charge in [0.25, 0.3) is 0 Å². The minimum atomic E-state index is -1.54. The zero-order valence-electron chi connectivity index (χ0n) is 8.56. The Morgan fingerprint density at radius 1 is 1.64 bits per heavy atom. The van der Waals surface area contributed by atoms with Crippen molar-refractivity contribution in [1.82, 2.24) is 0 Å². The molecule has 0 aliphatic carbocycles. The van der Waals surface area contributed by atoms with Crippen molar-refractivity contribution in [3.8, 4) is 0 Å². The minimum Gasteiger partial charge on any atom is -0.457 e. The second-order valence-electron chi connectivity index (χ2n) is 3.50. The van der Waals surface area contributed by atoms with E-state index in [4.69, 9.17) is 4.74 Å². The lowest BCUT2D eigenvalue weighted by Gasteiger charge is -2.32. The van der Waals surface area contributed by atoms with E-state index in [1.807, 2.05) is 0 Å². The lowest BCUT2D eigenvalue weighted by atomic mass is 9.92. The van der Waals surface area contributed by atoms with E-state index in [0.29, 0.717) is 6.29 Å². The molecule has 0 unspecified atom stereocenters. The third-order valence-corrected chi connectivity index (χ3v) is 1.84. The fraction of sp³-hybridized carbons (Fsp3) is 0.778. The van der Waals surface area contributed by atoms with Crippen molar-refractivity contribution < 1.29 is 24.5 Å². The van der Waals surface area contributed by atoms with E-state index in [1.165, 1.54) is 20.8 Å². The van der Waals surface area contributed by atoms with E-state index in [0.717, 1.165) is 0 Å². The predicted molar refractivity (Wildman–Crippen MR) is 48.5 cm³/mol. The van der Waals surface area contributed by atoms with Gasteiger partial charge in [-0.25, -0.2) is 0 Å². The Balaban J connectivity index is 4.62. The van der Waals surface area contributed by atoms with E-state index in [1.54, 1.807) is 0 Å². The zero-order chi connectivity index (χ0) is 11.4. The van der Waals surface area contributed by atoms with Gasteiger partial charge in [0.1, 0.15) is 11.9 Å². The van der Waals surface area contributed by atoms with Crippen LogP contribution in [0.5, 0.6) is 0 Å². The molecule has 0 aromatic carbocycles. The second kappa shape index (κ2) is 5.07. The molecule has 0 radical (unpaired) electrons. The van der Waals surface area contributed by atoms with Crippen LogP contribution in [0.15, 0.2) is 0 Å². The molecule has 0 aliphatic heterocycles. The summed E-state index contributed by atoms with van der Waals surface area (Å²) >= 11 is 0. The van der Waals surface area contributed by atoms with E-state index in [-0.39, 0.29) is 6.42 Å². The highest BCUT2D eigenvalue weighted by atomic mass is 16.6. The zero-order valence-corrected chi connectivity index (χ0v) is 8.56. The molecule has 82 valence electrons. The van der Waals surface area contributed by atoms with Gasteiger partial charge in [0, 0.05) is 13.3 Å². The molecule has 0 bridgehead atoms. The van der Waals surface area contributed by atoms with Gasteiger partial charge in [0.05, 0.1) is 6.10 Å². The van der Waals surface area contributed by atoms with Gasteiger partial charge < -0.3 is 19.7 Å². The highest BCUT2D eigenvalue weighted by Gasteiger charge is 2.37. The molecule has 0 fully saturated rings. The van der Waals surface area contributed by atoms with Crippen LogP contribution in [-0.2, 0) is 14.3 Å². The maximum atomic E-state index is 10.7. The van der Waals surface area contributed by atoms with Crippen LogP contribution in [0.2, 0.25) is 0 Å². The van der Waals surface area contributed by atoms with Crippen molar-refractivity contribution >= 4 is 12.3 Å². The van der Waals surface area contributed by atoms with Gasteiger partial charge in [-0.2, -0.15) is 0 Å². The number of hydrogen-bond donors (Lipinski definition) is 2. The lowest BCUT2D eigenvalue weighted by Crippen LogP contribution is -2.48. The van der Waals surface area contributed by atoms with Gasteiger partial charge in [0.15, 0.2) is 6.10 Å². The minimum absolute atomic E-state index is 0.199. The smallest absolute Gasteiger partial charge is 0.303 e. The standard InChI is InChI=1S/C9H16O5/c1-6(11)8(14-7(2)12)9(3,13)4-5-10/h5-6,8,11,13H,4H2,1-3H3/t6-,8-,9+/m1/s1. The molecule has 0 saturated carbocycles. The van der Waals surface area contributed by atoms with Gasteiger partial charge in [-0.05, 0) is 13.8 Å². The van der Waals surface area contributed by atoms with Gasteiger partial charge >= 0.3 is 5.97 Å². The number of aliphatic hydroxyl groups excluding tert-OH is 1. The molecule has 14 heavy (non-hydrogen) atoms. The first-order valence-electron chi connectivity index (χ1n) is 4.32. The maximum absolute atomic E-state index is 10.7. The highest BCUT2D eigenvalue weighted by Crippen LogP contribution is 2.20. The molecule has 5 heteroatoms. The van der Waals surface area contributed by atoms with Crippen molar-refractivity contribution in [2.24, 2.45) is 0 Å². The highest BCUT2D eigenvalue weighted by molar-refractivity contribution is 5.66. The Bertz CT molecular complexity index is 209. The SMILES string of the molecule is CC(=O)O[C@H]([C@@H](C)O)[C@@](C)(O)CC=O. The molecule has 0 rings (SSSR count). The van der Waals surface area contributed by atoms with Crippen molar-refractivity contribution in [3.05, 3.63) is 0 Å². The molecule has 0 heterocycles. The van der Waals surface area contributed by atoms with Gasteiger partial charge in [-0.15, -0.1) is 0 Å². The van der Waals surface area contributed by atoms with Crippen LogP contribution in [0, 0.1) is 0 Å². The Labute approximate surface area is 82.7 Å². The summed E-state index contributed by atoms with van der Waals surface area (Å²) in [5, 5.41) is 19.0. The number of carbonyl (C=O) groups excluding carboxylic acids is 2. The quantitative estimate of drug-likeness (QED) is 0.472. The summed E-state index contributed by atoms with van der Waals surface area (Å²) in [4.78, 5) is 20.9. The van der Waals surface area contributed by atoms with Gasteiger partial charge in [0.2, 0.25) is 0 Å². The van der Waals surface area contributed by atoms with E-state index in [2.05, 4.69) is 0 Å². The average molecular weight is 204 g/mol. The summed E-state index contributed by atoms with van der Waals surface area (Å²) < 4.78 is 4.73. The molecule has 0 aromatic rings. The number of carbonyl (C=O) groups is 2. The first kappa shape index (κ1) is 13.1. The van der Waals surface area contributed by atoms with Crippen molar-refractivity contribution in [3.63, 3.8) is 0 Å². The van der Waals surface area contributed by atoms with Crippen LogP contribution < -0.4 is 0 Å². The van der Waals surface area contributed by atoms with E-state index < -0.39 is 23.8 Å². The topological polar surface area (TPSA) is 83.8 Å². The monoisotopic (exact) mass is 204 g/mol. The molecule has 0 saturated heterocycles. The van der Waals surface area contributed by atoms with Crippen LogP contribution in [-0.4, -0.2) is 40.3 Å². The molecule has 5 nitrogen and oxygen atoms in total. The Morgan fingerprint density at radius 2 is 2.14 bits per heavy atom. The molecule has 3 atom stereocenters. The molecule has 2 N–H and O–H groups in total. The van der Waals surface area contributed by atoms with E-state index >= 15 is 0 Å². The van der Waals surface area contributed by atoms with Crippen LogP contribution >= 0.6 is 0 Å². The number of aliphatic hydroxyl groups is 2. The van der Waals surface area contributed by atoms with E-state index in [9.17, 15) is 19.8 Å². The fourth-order valence-electron chi connectivity index (χ4n) is 1.21. The Hall–Kier alpha value is -0.940. The maximum Gasteiger partial charge on any atom is 0.303 e. The van der Waals surface area contributed by atoms with Crippen molar-refractivity contribution in [1.29, 1.82) is 0 Å². The first-order chi connectivity index (χ1) is 6.31. The number of rotatable bonds is 5. The lowest BCUT2D eigenvalue weighted by molar-refractivity contribution is -0.175. The van der Waals surface area contributed by atoms with Crippen LogP contribution in [0.4, 0.5) is 0 Å². The largest absolute Gasteiger partial charge is 0.457 e. The van der Waals surface area contributed by atoms with Gasteiger partial charge in [-0.3, -0.25) is 4.79 Å². The summed E-state index contributed by atoms with van der Waals surface area (Å²) in [5.41, 5.74) is -1.54. The second-order valence-corrected chi connectivity index (χ2v) is 3.50. The molecule has 0 spiro atoms. The van der Waals surface area contributed by atoms with Crippen LogP contribution in [0.1, 0.15) is 27.2 Å². The average Bonchev–Trinajstić information content (AvgIpc) is 1.99. The summed E-state index contributed by atoms with van der Waals surface area (Å²) in [6.07, 6.45) is -1.81. The Morgan fingerprint density at radius 3 is 2.43 bits per heavy atom. The van der Waals surface area contributed by atoms with Crippen molar-refractivity contribution in [2.75, 3.05) is 0 Å². The molecule has 0 amide bonds. The van der Waals surface area contributed by atoms with Crippen LogP contribution in [0.3, 0.4) is 0 Å². The summed E-state index contributed by atoms with van der Waals surface area (Å²) in [5.74, 6) is -0.609. The number of aldehydes is 1. The normalized spacial score (nSPS) is 19.2. The van der Waals surface area contributed by atoms with Gasteiger partial charge in [-0.1, -0.05) is 0 Å². The fourth-order valence-corrected chi connectivity index (χ4v) is 1.21. The summed E-state index contributed by atoms with van der Waals surface area (Å²) in [6, 6.07) is 0. The first-order valence-corrected chi connectivity index (χ1v) is 4.32. The summed E-state index contributed by atoms with van der Waals surface area (Å²) in [6.45, 7) is 3.89. The third-order valence-electron chi connectivity index (χ3n) is 1.84. The molecule has 0 aromatic heterocycles. The number of ether oxygens (including phenoxy) is 1. The number of hydrogen-bond acceptors (Lipinski definition) is 5.